The molecule has 0 unspecified atom stereocenters. The van der Waals surface area contributed by atoms with E-state index >= 15 is 0 Å². The second kappa shape index (κ2) is 6.09. The van der Waals surface area contributed by atoms with Crippen LogP contribution in [0.2, 0.25) is 0 Å². The third-order valence-electron chi connectivity index (χ3n) is 4.36. The predicted octanol–water partition coefficient (Wildman–Crippen LogP) is 2.70. The predicted molar refractivity (Wildman–Crippen MR) is 94.4 cm³/mol. The van der Waals surface area contributed by atoms with Gasteiger partial charge in [-0.25, -0.2) is 8.42 Å². The molecule has 0 aliphatic carbocycles. The number of hydrogen-bond donors (Lipinski definition) is 1. The number of para-hydroxylation sites is 1. The summed E-state index contributed by atoms with van der Waals surface area (Å²) in [5.74, 6) is 0.658. The summed E-state index contributed by atoms with van der Waals surface area (Å²) in [5.41, 5.74) is 1.00. The van der Waals surface area contributed by atoms with E-state index in [2.05, 4.69) is 5.32 Å². The molecule has 1 amide bonds. The molecule has 0 bridgehead atoms. The summed E-state index contributed by atoms with van der Waals surface area (Å²) in [6.45, 7) is 3.77. The number of fused-ring (bicyclic) bond motifs is 1. The fourth-order valence-electron chi connectivity index (χ4n) is 3.17. The average Bonchev–Trinajstić information content (AvgIpc) is 3.01. The van der Waals surface area contributed by atoms with E-state index in [4.69, 9.17) is 4.42 Å². The number of hydrogen-bond acceptors (Lipinski definition) is 4. The molecule has 1 fully saturated rings. The molecular weight excluding hydrogens is 326 g/mol. The fraction of sp³-hybridized carbons (Fsp3) is 0.389. The van der Waals surface area contributed by atoms with Crippen LogP contribution < -0.4 is 5.32 Å². The number of carbonyl (C=O) groups excluding carboxylic acids is 1. The zero-order chi connectivity index (χ0) is 17.4. The van der Waals surface area contributed by atoms with Gasteiger partial charge in [0.2, 0.25) is 5.91 Å². The van der Waals surface area contributed by atoms with Crippen LogP contribution in [0.3, 0.4) is 0 Å². The third-order valence-corrected chi connectivity index (χ3v) is 6.26. The number of furan rings is 1. The van der Waals surface area contributed by atoms with Gasteiger partial charge in [0.25, 0.3) is 0 Å². The number of nitrogens with one attached hydrogen (secondary N) is 1. The monoisotopic (exact) mass is 347 g/mol. The van der Waals surface area contributed by atoms with E-state index in [0.717, 1.165) is 28.7 Å². The molecule has 1 N–H and O–H groups in total. The summed E-state index contributed by atoms with van der Waals surface area (Å²) in [6.07, 6.45) is 4.37. The van der Waals surface area contributed by atoms with Crippen LogP contribution in [0.4, 0.5) is 0 Å². The number of carbonyl (C=O) groups is 1. The molecule has 3 rings (SSSR count). The second-order valence-corrected chi connectivity index (χ2v) is 8.70. The Balaban J connectivity index is 1.80. The molecule has 24 heavy (non-hydrogen) atoms. The van der Waals surface area contributed by atoms with Gasteiger partial charge < -0.3 is 9.73 Å². The summed E-state index contributed by atoms with van der Waals surface area (Å²) < 4.78 is 29.0. The van der Waals surface area contributed by atoms with Crippen molar-refractivity contribution in [3.63, 3.8) is 0 Å². The molecular formula is C18H21NO4S. The van der Waals surface area contributed by atoms with Crippen molar-refractivity contribution in [3.8, 4) is 0 Å². The summed E-state index contributed by atoms with van der Waals surface area (Å²) >= 11 is 0. The zero-order valence-electron chi connectivity index (χ0n) is 13.8. The minimum Gasteiger partial charge on any atom is -0.460 e. The highest BCUT2D eigenvalue weighted by molar-refractivity contribution is 7.91. The smallest absolute Gasteiger partial charge is 0.244 e. The first kappa shape index (κ1) is 16.8. The van der Waals surface area contributed by atoms with E-state index in [1.54, 1.807) is 13.0 Å². The zero-order valence-corrected chi connectivity index (χ0v) is 14.7. The normalized spacial score (nSPS) is 23.1. The molecule has 1 atom stereocenters. The Labute approximate surface area is 141 Å². The molecule has 1 aliphatic heterocycles. The Morgan fingerprint density at radius 1 is 1.38 bits per heavy atom. The van der Waals surface area contributed by atoms with Crippen molar-refractivity contribution in [2.75, 3.05) is 11.5 Å². The molecule has 2 heterocycles. The molecule has 5 nitrogen and oxygen atoms in total. The van der Waals surface area contributed by atoms with Crippen LogP contribution in [0.25, 0.3) is 17.0 Å². The minimum atomic E-state index is -3.05. The Hall–Kier alpha value is -2.08. The van der Waals surface area contributed by atoms with Gasteiger partial charge in [0.15, 0.2) is 9.84 Å². The molecule has 0 spiro atoms. The van der Waals surface area contributed by atoms with E-state index in [1.165, 1.54) is 6.08 Å². The van der Waals surface area contributed by atoms with Gasteiger partial charge in [-0.3, -0.25) is 4.79 Å². The van der Waals surface area contributed by atoms with Crippen LogP contribution in [0.5, 0.6) is 0 Å². The second-order valence-electron chi connectivity index (χ2n) is 6.51. The molecule has 1 aromatic heterocycles. The maximum Gasteiger partial charge on any atom is 0.244 e. The maximum atomic E-state index is 12.2. The maximum absolute atomic E-state index is 12.2. The van der Waals surface area contributed by atoms with Crippen molar-refractivity contribution in [2.24, 2.45) is 0 Å². The van der Waals surface area contributed by atoms with Crippen molar-refractivity contribution in [1.82, 2.24) is 5.32 Å². The summed E-state index contributed by atoms with van der Waals surface area (Å²) in [5, 5.41) is 3.79. The average molecular weight is 347 g/mol. The molecule has 0 radical (unpaired) electrons. The fourth-order valence-corrected chi connectivity index (χ4v) is 5.26. The van der Waals surface area contributed by atoms with Crippen LogP contribution in [0.1, 0.15) is 31.6 Å². The largest absolute Gasteiger partial charge is 0.460 e. The molecule has 6 heteroatoms. The van der Waals surface area contributed by atoms with Crippen molar-refractivity contribution in [3.05, 3.63) is 41.7 Å². The van der Waals surface area contributed by atoms with Gasteiger partial charge in [-0.1, -0.05) is 25.1 Å². The first-order valence-electron chi connectivity index (χ1n) is 8.03. The van der Waals surface area contributed by atoms with Gasteiger partial charge >= 0.3 is 0 Å². The van der Waals surface area contributed by atoms with Gasteiger partial charge in [0.1, 0.15) is 11.3 Å². The van der Waals surface area contributed by atoms with Crippen LogP contribution in [-0.4, -0.2) is 31.4 Å². The van der Waals surface area contributed by atoms with E-state index in [0.29, 0.717) is 6.42 Å². The summed E-state index contributed by atoms with van der Waals surface area (Å²) in [6, 6.07) is 7.70. The Kier molecular flexibility index (Phi) is 4.25. The topological polar surface area (TPSA) is 76.4 Å². The molecule has 1 aliphatic rings. The van der Waals surface area contributed by atoms with Crippen molar-refractivity contribution >= 4 is 32.8 Å². The third kappa shape index (κ3) is 3.38. The summed E-state index contributed by atoms with van der Waals surface area (Å²) in [7, 11) is -3.05. The number of sulfone groups is 1. The lowest BCUT2D eigenvalue weighted by atomic mass is 10.0. The SMILES string of the molecule is CCc1oc2ccccc2c1/C=C/C(=O)N[C@@]1(C)CCS(=O)(=O)C1. The first-order valence-corrected chi connectivity index (χ1v) is 9.85. The lowest BCUT2D eigenvalue weighted by molar-refractivity contribution is -0.117. The van der Waals surface area contributed by atoms with Gasteiger partial charge in [-0.15, -0.1) is 0 Å². The number of rotatable bonds is 4. The van der Waals surface area contributed by atoms with E-state index in [-0.39, 0.29) is 17.4 Å². The van der Waals surface area contributed by atoms with Crippen molar-refractivity contribution < 1.29 is 17.6 Å². The number of benzene rings is 1. The molecule has 0 saturated carbocycles. The van der Waals surface area contributed by atoms with E-state index in [1.807, 2.05) is 31.2 Å². The molecule has 1 aromatic carbocycles. The van der Waals surface area contributed by atoms with Gasteiger partial charge in [0, 0.05) is 23.4 Å². The highest BCUT2D eigenvalue weighted by Gasteiger charge is 2.39. The number of amides is 1. The van der Waals surface area contributed by atoms with Crippen LogP contribution in [-0.2, 0) is 21.1 Å². The van der Waals surface area contributed by atoms with E-state index < -0.39 is 15.4 Å². The summed E-state index contributed by atoms with van der Waals surface area (Å²) in [4.78, 5) is 12.2. The quantitative estimate of drug-likeness (QED) is 0.863. The Morgan fingerprint density at radius 3 is 2.79 bits per heavy atom. The molecule has 1 saturated heterocycles. The lowest BCUT2D eigenvalue weighted by Crippen LogP contribution is -2.46. The molecule has 128 valence electrons. The van der Waals surface area contributed by atoms with E-state index in [9.17, 15) is 13.2 Å². The Bertz CT molecular complexity index is 910. The van der Waals surface area contributed by atoms with Gasteiger partial charge in [-0.2, -0.15) is 0 Å². The minimum absolute atomic E-state index is 0.00552. The standard InChI is InChI=1S/C18H21NO4S/c1-3-15-14(13-6-4-5-7-16(13)23-15)8-9-17(20)19-18(2)10-11-24(21,22)12-18/h4-9H,3,10-12H2,1-2H3,(H,19,20)/b9-8+/t18-/m0/s1. The highest BCUT2D eigenvalue weighted by Crippen LogP contribution is 2.27. The van der Waals surface area contributed by atoms with Crippen molar-refractivity contribution in [2.45, 2.75) is 32.2 Å². The number of aryl methyl sites for hydroxylation is 1. The van der Waals surface area contributed by atoms with Crippen LogP contribution >= 0.6 is 0 Å². The van der Waals surface area contributed by atoms with Crippen LogP contribution in [0.15, 0.2) is 34.8 Å². The van der Waals surface area contributed by atoms with Gasteiger partial charge in [-0.05, 0) is 25.5 Å². The Morgan fingerprint density at radius 2 is 2.12 bits per heavy atom. The first-order chi connectivity index (χ1) is 11.3. The lowest BCUT2D eigenvalue weighted by Gasteiger charge is -2.22. The highest BCUT2D eigenvalue weighted by atomic mass is 32.2. The van der Waals surface area contributed by atoms with Crippen LogP contribution in [0, 0.1) is 0 Å². The molecule has 2 aromatic rings. The van der Waals surface area contributed by atoms with Gasteiger partial charge in [0.05, 0.1) is 17.0 Å². The van der Waals surface area contributed by atoms with Crippen molar-refractivity contribution in [1.29, 1.82) is 0 Å².